The Morgan fingerprint density at radius 2 is 1.86 bits per heavy atom. The topological polar surface area (TPSA) is 79.8 Å². The maximum absolute atomic E-state index is 13.7. The van der Waals surface area contributed by atoms with Gasteiger partial charge in [-0.2, -0.15) is 4.31 Å². The van der Waals surface area contributed by atoms with Gasteiger partial charge in [0.2, 0.25) is 10.0 Å². The Hall–Kier alpha value is -2.33. The van der Waals surface area contributed by atoms with Gasteiger partial charge in [0, 0.05) is 25.3 Å². The Balaban J connectivity index is 1.43. The van der Waals surface area contributed by atoms with E-state index >= 15 is 0 Å². The van der Waals surface area contributed by atoms with Gasteiger partial charge in [-0.15, -0.1) is 0 Å². The largest absolute Gasteiger partial charge is 0.376 e. The van der Waals surface area contributed by atoms with Crippen LogP contribution in [0.1, 0.15) is 49.0 Å². The number of fused-ring (bicyclic) bond motifs is 1. The number of sulfonamides is 1. The zero-order valence-electron chi connectivity index (χ0n) is 21.0. The Labute approximate surface area is 217 Å². The fraction of sp³-hybridized carbons (Fsp3) is 0.481. The highest BCUT2D eigenvalue weighted by molar-refractivity contribution is 7.89. The number of hydrogen-bond acceptors (Lipinski definition) is 6. The number of ether oxygens (including phenoxy) is 1. The molecule has 7 nitrogen and oxygen atoms in total. The number of carbonyl (C=O) groups excluding carboxylic acids is 1. The maximum Gasteiger partial charge on any atom is 0.260 e. The lowest BCUT2D eigenvalue weighted by Crippen LogP contribution is -2.42. The molecular formula is C27H33N3O4S2. The fourth-order valence-electron chi connectivity index (χ4n) is 5.31. The molecule has 0 saturated carbocycles. The first kappa shape index (κ1) is 25.3. The van der Waals surface area contributed by atoms with Gasteiger partial charge in [0.25, 0.3) is 5.91 Å². The summed E-state index contributed by atoms with van der Waals surface area (Å²) in [5, 5.41) is 0.632. The van der Waals surface area contributed by atoms with Crippen molar-refractivity contribution in [2.45, 2.75) is 51.0 Å². The lowest BCUT2D eigenvalue weighted by molar-refractivity contribution is 0.0917. The second kappa shape index (κ2) is 10.2. The highest BCUT2D eigenvalue weighted by Crippen LogP contribution is 2.33. The third-order valence-electron chi connectivity index (χ3n) is 7.07. The van der Waals surface area contributed by atoms with Crippen molar-refractivity contribution in [2.75, 3.05) is 31.1 Å². The van der Waals surface area contributed by atoms with E-state index in [0.29, 0.717) is 48.8 Å². The number of rotatable bonds is 6. The third kappa shape index (κ3) is 5.07. The van der Waals surface area contributed by atoms with Gasteiger partial charge in [-0.25, -0.2) is 13.4 Å². The number of thiazole rings is 1. The highest BCUT2D eigenvalue weighted by Gasteiger charge is 2.32. The summed E-state index contributed by atoms with van der Waals surface area (Å²) >= 11 is 1.49. The van der Waals surface area contributed by atoms with Crippen molar-refractivity contribution in [3.63, 3.8) is 0 Å². The SMILES string of the molecule is Cc1cccc2sc(N(CC3CCCO3)C(=O)c3ccc(S(=O)(=O)N4CC(C)CC(C)C4)cc3)nc12. The molecule has 0 radical (unpaired) electrons. The Bertz CT molecular complexity index is 1340. The van der Waals surface area contributed by atoms with Crippen LogP contribution in [0.25, 0.3) is 10.2 Å². The number of para-hydroxylation sites is 1. The molecule has 2 aliphatic heterocycles. The number of benzene rings is 2. The van der Waals surface area contributed by atoms with E-state index in [4.69, 9.17) is 9.72 Å². The Morgan fingerprint density at radius 1 is 1.14 bits per heavy atom. The summed E-state index contributed by atoms with van der Waals surface area (Å²) in [6.07, 6.45) is 2.87. The van der Waals surface area contributed by atoms with E-state index in [1.807, 2.05) is 25.1 Å². The van der Waals surface area contributed by atoms with Crippen LogP contribution in [0.15, 0.2) is 47.4 Å². The summed E-state index contributed by atoms with van der Waals surface area (Å²) in [5.74, 6) is 0.452. The second-order valence-electron chi connectivity index (χ2n) is 10.3. The number of aromatic nitrogens is 1. The molecule has 192 valence electrons. The molecule has 1 amide bonds. The first-order chi connectivity index (χ1) is 17.2. The van der Waals surface area contributed by atoms with E-state index in [0.717, 1.165) is 35.0 Å². The molecule has 2 saturated heterocycles. The number of piperidine rings is 1. The summed E-state index contributed by atoms with van der Waals surface area (Å²) in [6.45, 7) is 8.37. The van der Waals surface area contributed by atoms with Crippen LogP contribution in [0, 0.1) is 18.8 Å². The van der Waals surface area contributed by atoms with E-state index in [1.54, 1.807) is 33.5 Å². The number of nitrogens with zero attached hydrogens (tertiary/aromatic N) is 3. The zero-order chi connectivity index (χ0) is 25.4. The molecule has 2 fully saturated rings. The number of hydrogen-bond donors (Lipinski definition) is 0. The average molecular weight is 528 g/mol. The van der Waals surface area contributed by atoms with Gasteiger partial charge in [0.15, 0.2) is 5.13 Å². The van der Waals surface area contributed by atoms with Gasteiger partial charge in [-0.1, -0.05) is 37.3 Å². The van der Waals surface area contributed by atoms with Gasteiger partial charge in [0.1, 0.15) is 0 Å². The van der Waals surface area contributed by atoms with E-state index < -0.39 is 10.0 Å². The quantitative estimate of drug-likeness (QED) is 0.446. The minimum absolute atomic E-state index is 0.0372. The van der Waals surface area contributed by atoms with Crippen LogP contribution in [-0.2, 0) is 14.8 Å². The standard InChI is InChI=1S/C27H33N3O4S2/c1-18-14-19(2)16-29(15-18)36(32,33)23-11-9-21(10-12-23)26(31)30(17-22-7-5-13-34-22)27-28-25-20(3)6-4-8-24(25)35-27/h4,6,8-12,18-19,22H,5,7,13-17H2,1-3H3. The van der Waals surface area contributed by atoms with Crippen molar-refractivity contribution in [2.24, 2.45) is 11.8 Å². The molecule has 1 aromatic heterocycles. The number of aryl methyl sites for hydroxylation is 1. The van der Waals surface area contributed by atoms with Crippen LogP contribution in [0.5, 0.6) is 0 Å². The smallest absolute Gasteiger partial charge is 0.260 e. The Morgan fingerprint density at radius 3 is 2.50 bits per heavy atom. The molecule has 0 N–H and O–H groups in total. The second-order valence-corrected chi connectivity index (χ2v) is 13.2. The van der Waals surface area contributed by atoms with E-state index in [2.05, 4.69) is 13.8 Å². The summed E-state index contributed by atoms with van der Waals surface area (Å²) in [5.41, 5.74) is 2.40. The van der Waals surface area contributed by atoms with Gasteiger partial charge in [-0.05, 0) is 73.9 Å². The predicted molar refractivity (Wildman–Crippen MR) is 143 cm³/mol. The molecule has 5 rings (SSSR count). The van der Waals surface area contributed by atoms with E-state index in [1.165, 1.54) is 11.3 Å². The fourth-order valence-corrected chi connectivity index (χ4v) is 8.04. The van der Waals surface area contributed by atoms with Crippen LogP contribution < -0.4 is 4.90 Å². The average Bonchev–Trinajstić information content (AvgIpc) is 3.52. The van der Waals surface area contributed by atoms with Crippen molar-refractivity contribution < 1.29 is 17.9 Å². The highest BCUT2D eigenvalue weighted by atomic mass is 32.2. The normalized spacial score (nSPS) is 23.2. The van der Waals surface area contributed by atoms with Crippen molar-refractivity contribution in [3.05, 3.63) is 53.6 Å². The van der Waals surface area contributed by atoms with Crippen LogP contribution in [-0.4, -0.2) is 56.0 Å². The summed E-state index contributed by atoms with van der Waals surface area (Å²) in [6, 6.07) is 12.4. The monoisotopic (exact) mass is 527 g/mol. The van der Waals surface area contributed by atoms with Gasteiger partial charge < -0.3 is 4.74 Å². The Kier molecular flexibility index (Phi) is 7.18. The molecule has 2 aliphatic rings. The van der Waals surface area contributed by atoms with Crippen molar-refractivity contribution in [3.8, 4) is 0 Å². The summed E-state index contributed by atoms with van der Waals surface area (Å²) in [7, 11) is -3.61. The van der Waals surface area contributed by atoms with Crippen LogP contribution in [0.4, 0.5) is 5.13 Å². The van der Waals surface area contributed by atoms with Crippen molar-refractivity contribution >= 4 is 42.6 Å². The number of amides is 1. The molecule has 0 aliphatic carbocycles. The maximum atomic E-state index is 13.7. The summed E-state index contributed by atoms with van der Waals surface area (Å²) in [4.78, 5) is 20.4. The minimum atomic E-state index is -3.61. The molecule has 0 spiro atoms. The molecule has 3 unspecified atom stereocenters. The molecule has 0 bridgehead atoms. The molecule has 3 heterocycles. The van der Waals surface area contributed by atoms with Gasteiger partial charge in [0.05, 0.1) is 27.8 Å². The summed E-state index contributed by atoms with van der Waals surface area (Å²) < 4.78 is 35.0. The zero-order valence-corrected chi connectivity index (χ0v) is 22.6. The molecule has 3 aromatic rings. The van der Waals surface area contributed by atoms with Crippen molar-refractivity contribution in [1.29, 1.82) is 0 Å². The molecule has 36 heavy (non-hydrogen) atoms. The third-order valence-corrected chi connectivity index (χ3v) is 9.96. The van der Waals surface area contributed by atoms with Gasteiger partial charge >= 0.3 is 0 Å². The molecular weight excluding hydrogens is 494 g/mol. The first-order valence-corrected chi connectivity index (χ1v) is 14.9. The number of anilines is 1. The first-order valence-electron chi connectivity index (χ1n) is 12.6. The van der Waals surface area contributed by atoms with Crippen LogP contribution >= 0.6 is 11.3 Å². The molecule has 9 heteroatoms. The minimum Gasteiger partial charge on any atom is -0.376 e. The predicted octanol–water partition coefficient (Wildman–Crippen LogP) is 5.10. The lowest BCUT2D eigenvalue weighted by Gasteiger charge is -2.34. The molecule has 3 atom stereocenters. The van der Waals surface area contributed by atoms with Gasteiger partial charge in [-0.3, -0.25) is 9.69 Å². The van der Waals surface area contributed by atoms with Crippen LogP contribution in [0.2, 0.25) is 0 Å². The number of carbonyl (C=O) groups is 1. The molecule has 2 aromatic carbocycles. The van der Waals surface area contributed by atoms with Crippen molar-refractivity contribution in [1.82, 2.24) is 9.29 Å². The lowest BCUT2D eigenvalue weighted by atomic mass is 9.94. The van der Waals surface area contributed by atoms with Crippen LogP contribution in [0.3, 0.4) is 0 Å². The van der Waals surface area contributed by atoms with E-state index in [-0.39, 0.29) is 16.9 Å². The van der Waals surface area contributed by atoms with E-state index in [9.17, 15) is 13.2 Å².